The van der Waals surface area contributed by atoms with Crippen LogP contribution in [0.3, 0.4) is 0 Å². The molecule has 14 heavy (non-hydrogen) atoms. The van der Waals surface area contributed by atoms with Gasteiger partial charge in [-0.3, -0.25) is 0 Å². The van der Waals surface area contributed by atoms with Gasteiger partial charge in [-0.05, 0) is 44.2 Å². The van der Waals surface area contributed by atoms with E-state index in [1.807, 2.05) is 0 Å². The molecular formula is C12H24N2. The monoisotopic (exact) mass is 196 g/mol. The fraction of sp³-hybridized carbons (Fsp3) is 1.00. The van der Waals surface area contributed by atoms with Gasteiger partial charge in [-0.2, -0.15) is 0 Å². The van der Waals surface area contributed by atoms with E-state index in [-0.39, 0.29) is 0 Å². The highest BCUT2D eigenvalue weighted by Crippen LogP contribution is 2.38. The second-order valence-corrected chi connectivity index (χ2v) is 5.17. The van der Waals surface area contributed by atoms with E-state index in [1.54, 1.807) is 0 Å². The van der Waals surface area contributed by atoms with Crippen LogP contribution in [0.4, 0.5) is 0 Å². The van der Waals surface area contributed by atoms with Crippen LogP contribution < -0.4 is 5.32 Å². The molecule has 1 aliphatic carbocycles. The van der Waals surface area contributed by atoms with Gasteiger partial charge in [0, 0.05) is 19.1 Å². The lowest BCUT2D eigenvalue weighted by Gasteiger charge is -2.16. The summed E-state index contributed by atoms with van der Waals surface area (Å²) in [6, 6.07) is 0.781. The van der Waals surface area contributed by atoms with Crippen molar-refractivity contribution < 1.29 is 0 Å². The van der Waals surface area contributed by atoms with Gasteiger partial charge in [0.25, 0.3) is 0 Å². The predicted molar refractivity (Wildman–Crippen MR) is 60.4 cm³/mol. The Hall–Kier alpha value is -0.0800. The highest BCUT2D eigenvalue weighted by atomic mass is 15.2. The smallest absolute Gasteiger partial charge is 0.0207 e. The molecule has 0 amide bonds. The third-order valence-electron chi connectivity index (χ3n) is 3.72. The summed E-state index contributed by atoms with van der Waals surface area (Å²) in [4.78, 5) is 2.65. The van der Waals surface area contributed by atoms with Gasteiger partial charge in [-0.25, -0.2) is 0 Å². The van der Waals surface area contributed by atoms with Gasteiger partial charge in [-0.1, -0.05) is 13.8 Å². The predicted octanol–water partition coefficient (Wildman–Crippen LogP) is 1.72. The van der Waals surface area contributed by atoms with Gasteiger partial charge in [0.1, 0.15) is 0 Å². The third-order valence-corrected chi connectivity index (χ3v) is 3.72. The van der Waals surface area contributed by atoms with Gasteiger partial charge < -0.3 is 10.2 Å². The highest BCUT2D eigenvalue weighted by molar-refractivity contribution is 4.89. The molecule has 0 aromatic carbocycles. The number of hydrogen-bond donors (Lipinski definition) is 1. The zero-order chi connectivity index (χ0) is 9.97. The van der Waals surface area contributed by atoms with Crippen molar-refractivity contribution in [1.29, 1.82) is 0 Å². The second-order valence-electron chi connectivity index (χ2n) is 5.17. The van der Waals surface area contributed by atoms with E-state index in [2.05, 4.69) is 24.1 Å². The summed E-state index contributed by atoms with van der Waals surface area (Å²) in [6.07, 6.45) is 4.10. The molecule has 0 spiro atoms. The van der Waals surface area contributed by atoms with Crippen molar-refractivity contribution in [3.05, 3.63) is 0 Å². The molecule has 2 fully saturated rings. The summed E-state index contributed by atoms with van der Waals surface area (Å²) < 4.78 is 0. The van der Waals surface area contributed by atoms with Crippen molar-refractivity contribution in [3.63, 3.8) is 0 Å². The van der Waals surface area contributed by atoms with Crippen LogP contribution in [0.1, 0.15) is 33.1 Å². The first-order valence-electron chi connectivity index (χ1n) is 6.25. The zero-order valence-electron chi connectivity index (χ0n) is 9.63. The van der Waals surface area contributed by atoms with Crippen LogP contribution in [0.15, 0.2) is 0 Å². The van der Waals surface area contributed by atoms with Crippen LogP contribution >= 0.6 is 0 Å². The van der Waals surface area contributed by atoms with Gasteiger partial charge in [0.05, 0.1) is 0 Å². The third kappa shape index (κ3) is 2.71. The molecule has 1 N–H and O–H groups in total. The quantitative estimate of drug-likeness (QED) is 0.720. The number of rotatable bonds is 5. The van der Waals surface area contributed by atoms with Crippen LogP contribution in [0.25, 0.3) is 0 Å². The summed E-state index contributed by atoms with van der Waals surface area (Å²) in [6.45, 7) is 9.80. The number of likely N-dealkylation sites (tertiary alicyclic amines) is 1. The maximum Gasteiger partial charge on any atom is 0.0207 e. The number of nitrogens with zero attached hydrogens (tertiary/aromatic N) is 1. The molecule has 1 aliphatic heterocycles. The molecular weight excluding hydrogens is 172 g/mol. The molecule has 0 bridgehead atoms. The Morgan fingerprint density at radius 3 is 2.86 bits per heavy atom. The van der Waals surface area contributed by atoms with E-state index in [0.29, 0.717) is 0 Å². The van der Waals surface area contributed by atoms with Gasteiger partial charge in [0.15, 0.2) is 0 Å². The zero-order valence-corrected chi connectivity index (χ0v) is 9.63. The lowest BCUT2D eigenvalue weighted by atomic mass is 10.2. The fourth-order valence-corrected chi connectivity index (χ4v) is 2.50. The first-order chi connectivity index (χ1) is 6.79. The molecule has 1 heterocycles. The first kappa shape index (κ1) is 10.4. The largest absolute Gasteiger partial charge is 0.313 e. The van der Waals surface area contributed by atoms with Crippen LogP contribution in [0.2, 0.25) is 0 Å². The molecule has 2 aliphatic rings. The Labute approximate surface area is 88.1 Å². The van der Waals surface area contributed by atoms with Crippen LogP contribution in [0, 0.1) is 11.8 Å². The van der Waals surface area contributed by atoms with Crippen molar-refractivity contribution in [2.75, 3.05) is 26.2 Å². The van der Waals surface area contributed by atoms with Crippen molar-refractivity contribution >= 4 is 0 Å². The van der Waals surface area contributed by atoms with E-state index < -0.39 is 0 Å². The molecule has 0 aromatic heterocycles. The molecule has 2 nitrogen and oxygen atoms in total. The lowest BCUT2D eigenvalue weighted by molar-refractivity contribution is 0.309. The standard InChI is InChI=1S/C12H24N2/c1-3-5-13-12-4-6-14(9-12)8-11-7-10(11)2/h10-13H,3-9H2,1-2H3. The average molecular weight is 196 g/mol. The molecule has 1 saturated carbocycles. The second kappa shape index (κ2) is 4.63. The maximum atomic E-state index is 3.62. The van der Waals surface area contributed by atoms with Crippen molar-refractivity contribution in [3.8, 4) is 0 Å². The minimum atomic E-state index is 0.781. The molecule has 1 saturated heterocycles. The minimum absolute atomic E-state index is 0.781. The summed E-state index contributed by atoms with van der Waals surface area (Å²) in [5.74, 6) is 2.04. The minimum Gasteiger partial charge on any atom is -0.313 e. The normalized spacial score (nSPS) is 37.7. The Morgan fingerprint density at radius 2 is 2.21 bits per heavy atom. The van der Waals surface area contributed by atoms with Crippen molar-refractivity contribution in [2.24, 2.45) is 11.8 Å². The Kier molecular flexibility index (Phi) is 3.45. The number of nitrogens with one attached hydrogen (secondary N) is 1. The first-order valence-corrected chi connectivity index (χ1v) is 6.25. The van der Waals surface area contributed by atoms with E-state index >= 15 is 0 Å². The summed E-state index contributed by atoms with van der Waals surface area (Å²) in [7, 11) is 0. The van der Waals surface area contributed by atoms with Crippen LogP contribution in [0.5, 0.6) is 0 Å². The summed E-state index contributed by atoms with van der Waals surface area (Å²) in [5, 5.41) is 3.62. The van der Waals surface area contributed by atoms with Gasteiger partial charge >= 0.3 is 0 Å². The Morgan fingerprint density at radius 1 is 1.43 bits per heavy atom. The fourth-order valence-electron chi connectivity index (χ4n) is 2.50. The average Bonchev–Trinajstić information content (AvgIpc) is 2.68. The molecule has 2 rings (SSSR count). The van der Waals surface area contributed by atoms with Gasteiger partial charge in [-0.15, -0.1) is 0 Å². The molecule has 3 atom stereocenters. The van der Waals surface area contributed by atoms with E-state index in [0.717, 1.165) is 17.9 Å². The SMILES string of the molecule is CCCNC1CCN(CC2CC2C)C1. The summed E-state index contributed by atoms with van der Waals surface area (Å²) >= 11 is 0. The van der Waals surface area contributed by atoms with Crippen molar-refractivity contribution in [2.45, 2.75) is 39.2 Å². The highest BCUT2D eigenvalue weighted by Gasteiger charge is 2.35. The molecule has 82 valence electrons. The maximum absolute atomic E-state index is 3.62. The van der Waals surface area contributed by atoms with E-state index in [4.69, 9.17) is 0 Å². The topological polar surface area (TPSA) is 15.3 Å². The molecule has 3 unspecified atom stereocenters. The number of hydrogen-bond acceptors (Lipinski definition) is 2. The van der Waals surface area contributed by atoms with Crippen LogP contribution in [-0.4, -0.2) is 37.1 Å². The van der Waals surface area contributed by atoms with E-state index in [9.17, 15) is 0 Å². The molecule has 0 radical (unpaired) electrons. The Bertz CT molecular complexity index is 181. The summed E-state index contributed by atoms with van der Waals surface area (Å²) in [5.41, 5.74) is 0. The van der Waals surface area contributed by atoms with Gasteiger partial charge in [0.2, 0.25) is 0 Å². The lowest BCUT2D eigenvalue weighted by Crippen LogP contribution is -2.33. The molecule has 0 aromatic rings. The van der Waals surface area contributed by atoms with E-state index in [1.165, 1.54) is 45.4 Å². The molecule has 2 heteroatoms. The van der Waals surface area contributed by atoms with Crippen molar-refractivity contribution in [1.82, 2.24) is 10.2 Å². The Balaban J connectivity index is 1.62. The van der Waals surface area contributed by atoms with Crippen LogP contribution in [-0.2, 0) is 0 Å².